The minimum atomic E-state index is -2.55. The van der Waals surface area contributed by atoms with E-state index in [1.54, 1.807) is 13.8 Å². The van der Waals surface area contributed by atoms with Crippen LogP contribution in [0, 0.1) is 16.7 Å². The highest BCUT2D eigenvalue weighted by Crippen LogP contribution is 2.90. The molecule has 6 rings (SSSR count). The summed E-state index contributed by atoms with van der Waals surface area (Å²) in [7, 11) is 0. The fourth-order valence-corrected chi connectivity index (χ4v) is 8.54. The molecule has 4 aliphatic carbocycles. The third-order valence-electron chi connectivity index (χ3n) is 9.96. The standard InChI is InChI=1S/C20H30O8/c1-9(2)17(25)12(22)18(26)13(4)8-16(24)14(17,5)20(18,27)19(28-16)11(21)10(3)6-7-15(13,19)23/h9,11-12,21-27H,3,6-8H2,1-2,4-5H3/t11-,12-,13?,14+,15+,16?,17-,18-,19?,20-/m1/s1. The fourth-order valence-electron chi connectivity index (χ4n) is 8.54. The van der Waals surface area contributed by atoms with Gasteiger partial charge in [0.05, 0.1) is 5.41 Å². The summed E-state index contributed by atoms with van der Waals surface area (Å²) in [5.74, 6) is -2.90. The Balaban J connectivity index is 1.98. The summed E-state index contributed by atoms with van der Waals surface area (Å²) < 4.78 is 5.99. The lowest BCUT2D eigenvalue weighted by atomic mass is 9.52. The van der Waals surface area contributed by atoms with Crippen LogP contribution >= 0.6 is 0 Å². The van der Waals surface area contributed by atoms with E-state index in [4.69, 9.17) is 4.74 Å². The molecule has 28 heavy (non-hydrogen) atoms. The van der Waals surface area contributed by atoms with Gasteiger partial charge in [-0.1, -0.05) is 27.4 Å². The van der Waals surface area contributed by atoms with Crippen LogP contribution in [0.4, 0.5) is 0 Å². The second-order valence-electron chi connectivity index (χ2n) is 10.5. The highest BCUT2D eigenvalue weighted by Gasteiger charge is 3.09. The van der Waals surface area contributed by atoms with Crippen molar-refractivity contribution in [2.24, 2.45) is 16.7 Å². The molecular weight excluding hydrogens is 368 g/mol. The Hall–Kier alpha value is -0.580. The number of rotatable bonds is 1. The van der Waals surface area contributed by atoms with Gasteiger partial charge in [0, 0.05) is 11.8 Å². The van der Waals surface area contributed by atoms with Crippen LogP contribution in [0.3, 0.4) is 0 Å². The maximum Gasteiger partial charge on any atom is 0.178 e. The zero-order valence-electron chi connectivity index (χ0n) is 16.6. The van der Waals surface area contributed by atoms with E-state index in [-0.39, 0.29) is 24.8 Å². The number of hydrogen-bond acceptors (Lipinski definition) is 8. The molecule has 0 aromatic heterocycles. The predicted molar refractivity (Wildman–Crippen MR) is 94.6 cm³/mol. The molecule has 6 bridgehead atoms. The Morgan fingerprint density at radius 3 is 2.18 bits per heavy atom. The third kappa shape index (κ3) is 1.10. The van der Waals surface area contributed by atoms with Crippen molar-refractivity contribution in [1.82, 2.24) is 0 Å². The van der Waals surface area contributed by atoms with Gasteiger partial charge >= 0.3 is 0 Å². The largest absolute Gasteiger partial charge is 0.387 e. The normalized spacial score (nSPS) is 69.5. The summed E-state index contributed by atoms with van der Waals surface area (Å²) in [6, 6.07) is 0. The van der Waals surface area contributed by atoms with Crippen molar-refractivity contribution in [3.05, 3.63) is 12.2 Å². The molecule has 10 atom stereocenters. The molecule has 0 amide bonds. The van der Waals surface area contributed by atoms with Gasteiger partial charge < -0.3 is 40.5 Å². The van der Waals surface area contributed by atoms with Gasteiger partial charge in [-0.25, -0.2) is 0 Å². The van der Waals surface area contributed by atoms with E-state index < -0.39 is 62.7 Å². The minimum Gasteiger partial charge on any atom is -0.387 e. The van der Waals surface area contributed by atoms with Crippen LogP contribution in [-0.2, 0) is 4.74 Å². The van der Waals surface area contributed by atoms with Gasteiger partial charge in [0.1, 0.15) is 34.6 Å². The molecule has 3 unspecified atom stereocenters. The summed E-state index contributed by atoms with van der Waals surface area (Å²) in [5.41, 5.74) is -14.8. The molecule has 7 N–H and O–H groups in total. The first-order chi connectivity index (χ1) is 12.6. The van der Waals surface area contributed by atoms with E-state index in [0.717, 1.165) is 0 Å². The predicted octanol–water partition coefficient (Wildman–Crippen LogP) is -1.46. The second kappa shape index (κ2) is 4.24. The third-order valence-corrected chi connectivity index (χ3v) is 9.96. The van der Waals surface area contributed by atoms with Crippen LogP contribution in [0.15, 0.2) is 12.2 Å². The summed E-state index contributed by atoms with van der Waals surface area (Å²) in [6.45, 7) is 9.88. The molecule has 0 aromatic carbocycles. The zero-order valence-corrected chi connectivity index (χ0v) is 16.6. The van der Waals surface area contributed by atoms with Crippen LogP contribution in [0.25, 0.3) is 0 Å². The SMILES string of the molecule is C=C1CC[C@@]2(O)C3(OC4(O)CC2(C)[C@]2(O)[C@H](O)[C@](O)(C(C)C)[C@@]4(C)[C@]32O)[C@@H]1O. The summed E-state index contributed by atoms with van der Waals surface area (Å²) >= 11 is 0. The Morgan fingerprint density at radius 1 is 1.07 bits per heavy atom. The quantitative estimate of drug-likeness (QED) is 0.265. The molecule has 2 heterocycles. The molecule has 8 nitrogen and oxygen atoms in total. The molecule has 8 heteroatoms. The monoisotopic (exact) mass is 398 g/mol. The van der Waals surface area contributed by atoms with E-state index >= 15 is 0 Å². The van der Waals surface area contributed by atoms with E-state index in [0.29, 0.717) is 0 Å². The lowest BCUT2D eigenvalue weighted by Gasteiger charge is -2.60. The first kappa shape index (κ1) is 19.4. The summed E-state index contributed by atoms with van der Waals surface area (Å²) in [5, 5.41) is 82.0. The Labute approximate surface area is 163 Å². The lowest BCUT2D eigenvalue weighted by Crippen LogP contribution is -2.74. The number of aliphatic hydroxyl groups is 7. The van der Waals surface area contributed by atoms with E-state index in [1.165, 1.54) is 13.8 Å². The zero-order chi connectivity index (χ0) is 21.1. The van der Waals surface area contributed by atoms with Gasteiger partial charge in [-0.2, -0.15) is 0 Å². The van der Waals surface area contributed by atoms with E-state index in [9.17, 15) is 35.7 Å². The summed E-state index contributed by atoms with van der Waals surface area (Å²) in [6.07, 6.45) is -3.59. The van der Waals surface area contributed by atoms with Gasteiger partial charge in [0.25, 0.3) is 0 Å². The number of aliphatic hydroxyl groups excluding tert-OH is 2. The molecule has 158 valence electrons. The van der Waals surface area contributed by atoms with Crippen molar-refractivity contribution in [2.45, 2.75) is 93.0 Å². The van der Waals surface area contributed by atoms with Crippen LogP contribution in [0.2, 0.25) is 0 Å². The first-order valence-electron chi connectivity index (χ1n) is 9.91. The lowest BCUT2D eigenvalue weighted by molar-refractivity contribution is -0.383. The molecule has 0 aromatic rings. The van der Waals surface area contributed by atoms with Crippen LogP contribution in [-0.4, -0.2) is 81.7 Å². The van der Waals surface area contributed by atoms with Crippen molar-refractivity contribution in [1.29, 1.82) is 0 Å². The Morgan fingerprint density at radius 2 is 1.64 bits per heavy atom. The first-order valence-corrected chi connectivity index (χ1v) is 9.91. The van der Waals surface area contributed by atoms with E-state index in [1.807, 2.05) is 0 Å². The molecule has 6 fully saturated rings. The average Bonchev–Trinajstić information content (AvgIpc) is 2.84. The van der Waals surface area contributed by atoms with Crippen molar-refractivity contribution in [3.8, 4) is 0 Å². The maximum atomic E-state index is 12.3. The minimum absolute atomic E-state index is 0.0169. The molecule has 2 saturated heterocycles. The second-order valence-corrected chi connectivity index (χ2v) is 10.5. The van der Waals surface area contributed by atoms with Crippen LogP contribution < -0.4 is 0 Å². The fraction of sp³-hybridized carbons (Fsp3) is 0.900. The van der Waals surface area contributed by atoms with Gasteiger partial charge in [-0.3, -0.25) is 0 Å². The highest BCUT2D eigenvalue weighted by molar-refractivity contribution is 5.57. The van der Waals surface area contributed by atoms with Crippen molar-refractivity contribution < 1.29 is 40.5 Å². The molecular formula is C20H30O8. The molecule has 6 aliphatic rings. The maximum absolute atomic E-state index is 12.3. The van der Waals surface area contributed by atoms with Gasteiger partial charge in [0.15, 0.2) is 11.4 Å². The molecule has 0 radical (unpaired) electrons. The van der Waals surface area contributed by atoms with Gasteiger partial charge in [-0.15, -0.1) is 0 Å². The van der Waals surface area contributed by atoms with Crippen molar-refractivity contribution in [3.63, 3.8) is 0 Å². The van der Waals surface area contributed by atoms with Crippen molar-refractivity contribution >= 4 is 0 Å². The van der Waals surface area contributed by atoms with E-state index in [2.05, 4.69) is 6.58 Å². The van der Waals surface area contributed by atoms with Crippen molar-refractivity contribution in [2.75, 3.05) is 0 Å². The molecule has 2 aliphatic heterocycles. The average molecular weight is 398 g/mol. The Kier molecular flexibility index (Phi) is 2.94. The van der Waals surface area contributed by atoms with Gasteiger partial charge in [0.2, 0.25) is 0 Å². The molecule has 4 saturated carbocycles. The van der Waals surface area contributed by atoms with Gasteiger partial charge in [-0.05, 0) is 31.3 Å². The number of hydrogen-bond donors (Lipinski definition) is 7. The Bertz CT molecular complexity index is 831. The number of ether oxygens (including phenoxy) is 1. The smallest absolute Gasteiger partial charge is 0.178 e. The summed E-state index contributed by atoms with van der Waals surface area (Å²) in [4.78, 5) is 0. The van der Waals surface area contributed by atoms with Crippen LogP contribution in [0.1, 0.15) is 47.0 Å². The molecule has 1 spiro atoms. The van der Waals surface area contributed by atoms with Crippen LogP contribution in [0.5, 0.6) is 0 Å². The topological polar surface area (TPSA) is 151 Å². The highest BCUT2D eigenvalue weighted by atomic mass is 16.7.